The van der Waals surface area contributed by atoms with Gasteiger partial charge in [-0.1, -0.05) is 19.3 Å². The maximum atomic E-state index is 10.9. The molecule has 0 aromatic heterocycles. The highest BCUT2D eigenvalue weighted by atomic mass is 32.2. The second-order valence-electron chi connectivity index (χ2n) is 4.47. The van der Waals surface area contributed by atoms with Gasteiger partial charge in [-0.25, -0.2) is 8.42 Å². The largest absolute Gasteiger partial charge is 0.389 e. The smallest absolute Gasteiger partial charge is 0.148 e. The average molecular weight is 252 g/mol. The molecule has 90 valence electrons. The number of aliphatic hydroxyl groups is 1. The van der Waals surface area contributed by atoms with Crippen molar-refractivity contribution >= 4 is 21.6 Å². The molecule has 1 aliphatic carbocycles. The molecule has 0 spiro atoms. The lowest BCUT2D eigenvalue weighted by atomic mass is 9.86. The zero-order valence-corrected chi connectivity index (χ0v) is 10.9. The zero-order chi connectivity index (χ0) is 11.4. The number of hydrogen-bond donors (Lipinski definition) is 1. The molecular formula is C10H20O3S2. The summed E-state index contributed by atoms with van der Waals surface area (Å²) in [6.07, 6.45) is 6.42. The first-order valence-corrected chi connectivity index (χ1v) is 8.61. The monoisotopic (exact) mass is 252 g/mol. The topological polar surface area (TPSA) is 54.4 Å². The summed E-state index contributed by atoms with van der Waals surface area (Å²) in [5, 5.41) is 10.1. The van der Waals surface area contributed by atoms with Crippen LogP contribution in [0.25, 0.3) is 0 Å². The molecule has 0 atom stereocenters. The predicted molar refractivity (Wildman–Crippen MR) is 65.1 cm³/mol. The van der Waals surface area contributed by atoms with Gasteiger partial charge < -0.3 is 5.11 Å². The Kier molecular flexibility index (Phi) is 4.93. The minimum Gasteiger partial charge on any atom is -0.389 e. The molecule has 0 aromatic rings. The summed E-state index contributed by atoms with van der Waals surface area (Å²) >= 11 is 1.56. The van der Waals surface area contributed by atoms with E-state index in [1.54, 1.807) is 11.8 Å². The molecule has 15 heavy (non-hydrogen) atoms. The summed E-state index contributed by atoms with van der Waals surface area (Å²) < 4.78 is 21.8. The third-order valence-corrected chi connectivity index (χ3v) is 5.19. The van der Waals surface area contributed by atoms with Crippen LogP contribution in [0.1, 0.15) is 32.1 Å². The van der Waals surface area contributed by atoms with Crippen LogP contribution in [0.15, 0.2) is 0 Å². The number of rotatable bonds is 5. The van der Waals surface area contributed by atoms with Crippen molar-refractivity contribution in [3.63, 3.8) is 0 Å². The zero-order valence-electron chi connectivity index (χ0n) is 9.24. The highest BCUT2D eigenvalue weighted by Gasteiger charge is 2.28. The summed E-state index contributed by atoms with van der Waals surface area (Å²) in [6, 6.07) is 0. The van der Waals surface area contributed by atoms with Gasteiger partial charge >= 0.3 is 0 Å². The highest BCUT2D eigenvalue weighted by Crippen LogP contribution is 2.30. The van der Waals surface area contributed by atoms with Gasteiger partial charge in [-0.05, 0) is 12.8 Å². The molecule has 1 aliphatic rings. The second kappa shape index (κ2) is 5.55. The van der Waals surface area contributed by atoms with Gasteiger partial charge in [0.25, 0.3) is 0 Å². The van der Waals surface area contributed by atoms with E-state index in [0.717, 1.165) is 25.7 Å². The lowest BCUT2D eigenvalue weighted by Gasteiger charge is -2.31. The van der Waals surface area contributed by atoms with Crippen LogP contribution in [0, 0.1) is 0 Å². The third kappa shape index (κ3) is 5.78. The molecule has 5 heteroatoms. The molecule has 0 radical (unpaired) electrons. The number of thioether (sulfide) groups is 1. The van der Waals surface area contributed by atoms with Crippen molar-refractivity contribution in [2.24, 2.45) is 0 Å². The lowest BCUT2D eigenvalue weighted by Crippen LogP contribution is -2.34. The molecule has 1 rings (SSSR count). The van der Waals surface area contributed by atoms with E-state index in [2.05, 4.69) is 0 Å². The van der Waals surface area contributed by atoms with Crippen LogP contribution < -0.4 is 0 Å². The standard InChI is InChI=1S/C10H20O3S2/c1-15(12,13)8-7-14-9-10(11)5-3-2-4-6-10/h11H,2-9H2,1H3. The third-order valence-electron chi connectivity index (χ3n) is 2.75. The summed E-state index contributed by atoms with van der Waals surface area (Å²) in [7, 11) is -2.85. The van der Waals surface area contributed by atoms with Crippen molar-refractivity contribution < 1.29 is 13.5 Å². The number of hydrogen-bond acceptors (Lipinski definition) is 4. The van der Waals surface area contributed by atoms with Gasteiger partial charge in [0, 0.05) is 17.8 Å². The molecule has 0 aromatic carbocycles. The Bertz CT molecular complexity index is 279. The van der Waals surface area contributed by atoms with Gasteiger partial charge in [0.05, 0.1) is 11.4 Å². The Hall–Kier alpha value is 0.260. The Balaban J connectivity index is 2.19. The van der Waals surface area contributed by atoms with Crippen LogP contribution in [0.4, 0.5) is 0 Å². The van der Waals surface area contributed by atoms with Crippen molar-refractivity contribution in [2.75, 3.05) is 23.5 Å². The minimum absolute atomic E-state index is 0.216. The molecule has 1 fully saturated rings. The molecule has 0 amide bonds. The van der Waals surface area contributed by atoms with E-state index in [0.29, 0.717) is 11.5 Å². The van der Waals surface area contributed by atoms with Crippen molar-refractivity contribution in [3.8, 4) is 0 Å². The highest BCUT2D eigenvalue weighted by molar-refractivity contribution is 8.00. The first-order chi connectivity index (χ1) is 6.91. The fourth-order valence-electron chi connectivity index (χ4n) is 1.83. The predicted octanol–water partition coefficient (Wildman–Crippen LogP) is 1.46. The molecule has 1 N–H and O–H groups in total. The second-order valence-corrected chi connectivity index (χ2v) is 7.83. The van der Waals surface area contributed by atoms with E-state index < -0.39 is 15.4 Å². The van der Waals surface area contributed by atoms with Gasteiger partial charge in [0.15, 0.2) is 0 Å². The normalized spacial score (nSPS) is 21.5. The van der Waals surface area contributed by atoms with Crippen molar-refractivity contribution in [2.45, 2.75) is 37.7 Å². The van der Waals surface area contributed by atoms with Gasteiger partial charge in [0.2, 0.25) is 0 Å². The molecule has 0 saturated heterocycles. The molecule has 0 unspecified atom stereocenters. The van der Waals surface area contributed by atoms with E-state index in [9.17, 15) is 13.5 Å². The molecular weight excluding hydrogens is 232 g/mol. The Morgan fingerprint density at radius 3 is 2.40 bits per heavy atom. The maximum Gasteiger partial charge on any atom is 0.148 e. The SMILES string of the molecule is CS(=O)(=O)CCSCC1(O)CCCCC1. The van der Waals surface area contributed by atoms with Crippen LogP contribution in [0.2, 0.25) is 0 Å². The summed E-state index contributed by atoms with van der Waals surface area (Å²) in [6.45, 7) is 0. The van der Waals surface area contributed by atoms with Crippen LogP contribution in [0.5, 0.6) is 0 Å². The lowest BCUT2D eigenvalue weighted by molar-refractivity contribution is 0.0273. The van der Waals surface area contributed by atoms with Crippen LogP contribution in [0.3, 0.4) is 0 Å². The Morgan fingerprint density at radius 2 is 1.87 bits per heavy atom. The Labute approximate surface area is 96.6 Å². The van der Waals surface area contributed by atoms with Crippen LogP contribution in [-0.4, -0.2) is 42.6 Å². The summed E-state index contributed by atoms with van der Waals surface area (Å²) in [5.74, 6) is 1.50. The van der Waals surface area contributed by atoms with Crippen LogP contribution in [-0.2, 0) is 9.84 Å². The quantitative estimate of drug-likeness (QED) is 0.753. The van der Waals surface area contributed by atoms with Gasteiger partial charge in [0.1, 0.15) is 9.84 Å². The minimum atomic E-state index is -2.85. The van der Waals surface area contributed by atoms with Gasteiger partial charge in [-0.3, -0.25) is 0 Å². The first-order valence-electron chi connectivity index (χ1n) is 5.39. The first kappa shape index (κ1) is 13.3. The fourth-order valence-corrected chi connectivity index (χ4v) is 4.32. The number of sulfone groups is 1. The van der Waals surface area contributed by atoms with E-state index in [1.807, 2.05) is 0 Å². The van der Waals surface area contributed by atoms with E-state index in [4.69, 9.17) is 0 Å². The fraction of sp³-hybridized carbons (Fsp3) is 1.00. The molecule has 1 saturated carbocycles. The summed E-state index contributed by atoms with van der Waals surface area (Å²) in [5.41, 5.74) is -0.527. The van der Waals surface area contributed by atoms with Crippen molar-refractivity contribution in [1.29, 1.82) is 0 Å². The van der Waals surface area contributed by atoms with E-state index in [-0.39, 0.29) is 5.75 Å². The van der Waals surface area contributed by atoms with Crippen molar-refractivity contribution in [3.05, 3.63) is 0 Å². The maximum absolute atomic E-state index is 10.9. The average Bonchev–Trinajstić information content (AvgIpc) is 2.12. The van der Waals surface area contributed by atoms with Crippen LogP contribution >= 0.6 is 11.8 Å². The van der Waals surface area contributed by atoms with Gasteiger partial charge in [-0.15, -0.1) is 0 Å². The molecule has 0 aliphatic heterocycles. The molecule has 0 heterocycles. The summed E-state index contributed by atoms with van der Waals surface area (Å²) in [4.78, 5) is 0. The van der Waals surface area contributed by atoms with E-state index in [1.165, 1.54) is 12.7 Å². The Morgan fingerprint density at radius 1 is 1.27 bits per heavy atom. The van der Waals surface area contributed by atoms with Crippen molar-refractivity contribution in [1.82, 2.24) is 0 Å². The van der Waals surface area contributed by atoms with E-state index >= 15 is 0 Å². The van der Waals surface area contributed by atoms with Gasteiger partial charge in [-0.2, -0.15) is 11.8 Å². The molecule has 3 nitrogen and oxygen atoms in total. The molecule has 0 bridgehead atoms.